The Bertz CT molecular complexity index is 244. The molecule has 4 nitrogen and oxygen atoms in total. The summed E-state index contributed by atoms with van der Waals surface area (Å²) in [4.78, 5) is 0. The Balaban J connectivity index is 1.97. The third-order valence-corrected chi connectivity index (χ3v) is 4.62. The maximum Gasteiger partial charge on any atom is 0.172 e. The van der Waals surface area contributed by atoms with E-state index >= 15 is 0 Å². The summed E-state index contributed by atoms with van der Waals surface area (Å²) in [6.45, 7) is 0.832. The second-order valence-electron chi connectivity index (χ2n) is 5.76. The van der Waals surface area contributed by atoms with E-state index in [2.05, 4.69) is 0 Å². The molecule has 0 aromatic carbocycles. The van der Waals surface area contributed by atoms with E-state index < -0.39 is 0 Å². The van der Waals surface area contributed by atoms with Crippen LogP contribution in [0.5, 0.6) is 0 Å². The largest absolute Gasteiger partial charge is 0.375 e. The molecule has 2 atom stereocenters. The van der Waals surface area contributed by atoms with Gasteiger partial charge < -0.3 is 19.9 Å². The Kier molecular flexibility index (Phi) is 5.01. The summed E-state index contributed by atoms with van der Waals surface area (Å²) in [5.41, 5.74) is 6.40. The molecule has 0 radical (unpaired) electrons. The summed E-state index contributed by atoms with van der Waals surface area (Å²) in [6, 6.07) is -0.0531. The van der Waals surface area contributed by atoms with Gasteiger partial charge in [-0.15, -0.1) is 0 Å². The van der Waals surface area contributed by atoms with E-state index in [0.29, 0.717) is 5.92 Å². The Morgan fingerprint density at radius 2 is 1.83 bits per heavy atom. The van der Waals surface area contributed by atoms with Crippen molar-refractivity contribution in [1.29, 1.82) is 0 Å². The van der Waals surface area contributed by atoms with Crippen LogP contribution >= 0.6 is 0 Å². The van der Waals surface area contributed by atoms with Crippen molar-refractivity contribution in [3.8, 4) is 0 Å². The molecule has 2 unspecified atom stereocenters. The van der Waals surface area contributed by atoms with Gasteiger partial charge >= 0.3 is 0 Å². The van der Waals surface area contributed by atoms with Crippen LogP contribution in [0.1, 0.15) is 44.9 Å². The van der Waals surface area contributed by atoms with E-state index in [1.807, 2.05) is 0 Å². The normalized spacial score (nSPS) is 29.7. The first kappa shape index (κ1) is 14.3. The van der Waals surface area contributed by atoms with Crippen molar-refractivity contribution in [3.05, 3.63) is 0 Å². The van der Waals surface area contributed by atoms with Gasteiger partial charge in [0, 0.05) is 20.8 Å². The molecule has 2 rings (SSSR count). The zero-order chi connectivity index (χ0) is 13.0. The highest BCUT2D eigenvalue weighted by molar-refractivity contribution is 4.93. The van der Waals surface area contributed by atoms with Crippen LogP contribution in [0.25, 0.3) is 0 Å². The van der Waals surface area contributed by atoms with Crippen LogP contribution in [0.3, 0.4) is 0 Å². The smallest absolute Gasteiger partial charge is 0.172 e. The zero-order valence-electron chi connectivity index (χ0n) is 11.7. The van der Waals surface area contributed by atoms with Gasteiger partial charge in [0.1, 0.15) is 0 Å². The summed E-state index contributed by atoms with van der Waals surface area (Å²) < 4.78 is 16.7. The first-order valence-corrected chi connectivity index (χ1v) is 7.16. The molecule has 0 bridgehead atoms. The van der Waals surface area contributed by atoms with E-state index in [1.165, 1.54) is 32.1 Å². The van der Waals surface area contributed by atoms with Crippen molar-refractivity contribution >= 4 is 0 Å². The van der Waals surface area contributed by atoms with Crippen molar-refractivity contribution in [2.75, 3.05) is 20.8 Å². The zero-order valence-corrected chi connectivity index (χ0v) is 11.7. The lowest BCUT2D eigenvalue weighted by atomic mass is 9.74. The van der Waals surface area contributed by atoms with Gasteiger partial charge in [0.05, 0.1) is 11.6 Å². The molecule has 1 aliphatic heterocycles. The quantitative estimate of drug-likeness (QED) is 0.783. The minimum atomic E-state index is -0.297. The fraction of sp³-hybridized carbons (Fsp3) is 1.00. The van der Waals surface area contributed by atoms with Gasteiger partial charge in [-0.25, -0.2) is 0 Å². The molecule has 0 aromatic heterocycles. The highest BCUT2D eigenvalue weighted by Crippen LogP contribution is 2.41. The SMILES string of the molecule is COC(OC)C(N)C1CCOC2(CCCCC2)C1. The first-order chi connectivity index (χ1) is 8.71. The third kappa shape index (κ3) is 3.05. The van der Waals surface area contributed by atoms with Gasteiger partial charge in [0.25, 0.3) is 0 Å². The monoisotopic (exact) mass is 257 g/mol. The summed E-state index contributed by atoms with van der Waals surface area (Å²) in [6.07, 6.45) is 8.11. The van der Waals surface area contributed by atoms with Crippen molar-refractivity contribution in [3.63, 3.8) is 0 Å². The minimum absolute atomic E-state index is 0.0531. The van der Waals surface area contributed by atoms with Gasteiger partial charge in [0.2, 0.25) is 0 Å². The molecule has 1 saturated heterocycles. The fourth-order valence-corrected chi connectivity index (χ4v) is 3.57. The Morgan fingerprint density at radius 3 is 2.44 bits per heavy atom. The Labute approximate surface area is 110 Å². The average Bonchev–Trinajstić information content (AvgIpc) is 2.41. The van der Waals surface area contributed by atoms with Gasteiger partial charge in [0.15, 0.2) is 6.29 Å². The number of methoxy groups -OCH3 is 2. The second kappa shape index (κ2) is 6.33. The van der Waals surface area contributed by atoms with E-state index in [-0.39, 0.29) is 17.9 Å². The molecule has 4 heteroatoms. The topological polar surface area (TPSA) is 53.7 Å². The molecule has 1 spiro atoms. The van der Waals surface area contributed by atoms with E-state index in [1.54, 1.807) is 14.2 Å². The van der Waals surface area contributed by atoms with Crippen LogP contribution in [0.2, 0.25) is 0 Å². The number of hydrogen-bond donors (Lipinski definition) is 1. The Hall–Kier alpha value is -0.160. The lowest BCUT2D eigenvalue weighted by Crippen LogP contribution is -2.51. The Morgan fingerprint density at radius 1 is 1.17 bits per heavy atom. The molecule has 18 heavy (non-hydrogen) atoms. The van der Waals surface area contributed by atoms with Gasteiger partial charge in [-0.3, -0.25) is 0 Å². The minimum Gasteiger partial charge on any atom is -0.375 e. The molecule has 2 fully saturated rings. The van der Waals surface area contributed by atoms with Crippen molar-refractivity contribution in [2.24, 2.45) is 11.7 Å². The average molecular weight is 257 g/mol. The number of ether oxygens (including phenoxy) is 3. The van der Waals surface area contributed by atoms with Crippen molar-refractivity contribution in [1.82, 2.24) is 0 Å². The summed E-state index contributed by atoms with van der Waals surface area (Å²) >= 11 is 0. The maximum absolute atomic E-state index is 6.30. The van der Waals surface area contributed by atoms with Crippen LogP contribution in [-0.4, -0.2) is 38.8 Å². The molecular formula is C14H27NO3. The van der Waals surface area contributed by atoms with E-state index in [9.17, 15) is 0 Å². The van der Waals surface area contributed by atoms with Crippen molar-refractivity contribution in [2.45, 2.75) is 62.9 Å². The van der Waals surface area contributed by atoms with Crippen LogP contribution in [0, 0.1) is 5.92 Å². The predicted octanol–water partition coefficient (Wildman–Crippen LogP) is 2.06. The number of hydrogen-bond acceptors (Lipinski definition) is 4. The molecule has 0 amide bonds. The standard InChI is InChI=1S/C14H27NO3/c1-16-13(17-2)12(15)11-6-9-18-14(10-11)7-4-3-5-8-14/h11-13H,3-10,15H2,1-2H3. The number of nitrogens with two attached hydrogens (primary N) is 1. The van der Waals surface area contributed by atoms with Gasteiger partial charge in [-0.1, -0.05) is 19.3 Å². The lowest BCUT2D eigenvalue weighted by Gasteiger charge is -2.45. The fourth-order valence-electron chi connectivity index (χ4n) is 3.57. The lowest BCUT2D eigenvalue weighted by molar-refractivity contribution is -0.158. The van der Waals surface area contributed by atoms with Gasteiger partial charge in [-0.05, 0) is 31.6 Å². The van der Waals surface area contributed by atoms with Crippen LogP contribution in [0.15, 0.2) is 0 Å². The molecule has 1 heterocycles. The highest BCUT2D eigenvalue weighted by Gasteiger charge is 2.41. The van der Waals surface area contributed by atoms with Crippen LogP contribution in [0.4, 0.5) is 0 Å². The number of rotatable bonds is 4. The summed E-state index contributed by atoms with van der Waals surface area (Å²) in [7, 11) is 3.31. The highest BCUT2D eigenvalue weighted by atomic mass is 16.7. The third-order valence-electron chi connectivity index (χ3n) is 4.62. The molecule has 2 N–H and O–H groups in total. The van der Waals surface area contributed by atoms with E-state index in [0.717, 1.165) is 19.4 Å². The molecular weight excluding hydrogens is 230 g/mol. The second-order valence-corrected chi connectivity index (χ2v) is 5.76. The van der Waals surface area contributed by atoms with Gasteiger partial charge in [-0.2, -0.15) is 0 Å². The first-order valence-electron chi connectivity index (χ1n) is 7.16. The maximum atomic E-state index is 6.30. The molecule has 0 aromatic rings. The van der Waals surface area contributed by atoms with E-state index in [4.69, 9.17) is 19.9 Å². The van der Waals surface area contributed by atoms with Crippen LogP contribution in [-0.2, 0) is 14.2 Å². The molecule has 106 valence electrons. The molecule has 1 aliphatic carbocycles. The summed E-state index contributed by atoms with van der Waals surface area (Å²) in [5.74, 6) is 0.446. The molecule has 1 saturated carbocycles. The van der Waals surface area contributed by atoms with Crippen molar-refractivity contribution < 1.29 is 14.2 Å². The van der Waals surface area contributed by atoms with Crippen LogP contribution < -0.4 is 5.73 Å². The summed E-state index contributed by atoms with van der Waals surface area (Å²) in [5, 5.41) is 0. The predicted molar refractivity (Wildman–Crippen MR) is 70.3 cm³/mol. The molecule has 2 aliphatic rings.